The van der Waals surface area contributed by atoms with E-state index in [1.165, 1.54) is 36.4 Å². The van der Waals surface area contributed by atoms with Crippen molar-refractivity contribution >= 4 is 16.3 Å². The summed E-state index contributed by atoms with van der Waals surface area (Å²) in [5.74, 6) is -94.7. The van der Waals surface area contributed by atoms with E-state index in [9.17, 15) is 79.4 Å². The number of carbonyl (C=O) groups excluding carboxylic acids is 1. The highest BCUT2D eigenvalue weighted by Gasteiger charge is 2.99. The molecule has 0 unspecified atom stereocenters. The molecule has 386 valence electrons. The van der Waals surface area contributed by atoms with Crippen LogP contribution in [-0.4, -0.2) is 71.4 Å². The molecule has 0 spiro atoms. The number of halogens is 23. The van der Waals surface area contributed by atoms with Gasteiger partial charge in [-0.05, 0) is 79.6 Å². The minimum Gasteiger partial charge on any atom is -0.397 e. The van der Waals surface area contributed by atoms with Gasteiger partial charge in [0.1, 0.15) is 0 Å². The van der Waals surface area contributed by atoms with Crippen LogP contribution >= 0.6 is 10.3 Å². The van der Waals surface area contributed by atoms with E-state index in [4.69, 9.17) is 4.18 Å². The molecule has 0 saturated carbocycles. The topological polar surface area (TPSA) is 26.3 Å². The Morgan fingerprint density at radius 3 is 0.706 bits per heavy atom. The van der Waals surface area contributed by atoms with Crippen LogP contribution in [0.4, 0.5) is 101 Å². The number of alkyl halides is 23. The van der Waals surface area contributed by atoms with Gasteiger partial charge in [-0.15, -0.1) is 0 Å². The molecule has 26 heteroatoms. The van der Waals surface area contributed by atoms with Gasteiger partial charge in [-0.2, -0.15) is 101 Å². The van der Waals surface area contributed by atoms with Crippen molar-refractivity contribution in [3.8, 4) is 0 Å². The first-order chi connectivity index (χ1) is 29.8. The zero-order valence-corrected chi connectivity index (χ0v) is 37.2. The van der Waals surface area contributed by atoms with Crippen LogP contribution in [0.5, 0.6) is 0 Å². The smallest absolute Gasteiger partial charge is 0.397 e. The number of carbonyl (C=O) groups is 1. The summed E-state index contributed by atoms with van der Waals surface area (Å²) in [7, 11) is -4.53. The molecule has 0 bridgehead atoms. The van der Waals surface area contributed by atoms with E-state index in [1.54, 1.807) is 62.3 Å². The van der Waals surface area contributed by atoms with Gasteiger partial charge in [0.15, 0.2) is 0 Å². The molecule has 0 amide bonds. The Labute approximate surface area is 374 Å². The summed E-state index contributed by atoms with van der Waals surface area (Å²) in [5.41, 5.74) is -0.875. The molecule has 0 radical (unpaired) electrons. The number of benzene rings is 3. The summed E-state index contributed by atoms with van der Waals surface area (Å²) in [4.78, 5) is 12.1. The second-order valence-electron chi connectivity index (χ2n) is 18.5. The Balaban J connectivity index is 2.39. The third-order valence-electron chi connectivity index (χ3n) is 10.5. The summed E-state index contributed by atoms with van der Waals surface area (Å²) >= 11 is 0. The highest BCUT2D eigenvalue weighted by atomic mass is 32.3. The number of rotatable bonds is 14. The fraction of sp³-hybridized carbons (Fsp3) is 0.548. The summed E-state index contributed by atoms with van der Waals surface area (Å²) in [6.45, 7) is 14.9. The fourth-order valence-electron chi connectivity index (χ4n) is 6.04. The highest BCUT2D eigenvalue weighted by molar-refractivity contribution is 8.30. The molecule has 0 aromatic heterocycles. The molecular weight excluding hydrogens is 1010 g/mol. The lowest BCUT2D eigenvalue weighted by molar-refractivity contribution is -0.477. The largest absolute Gasteiger partial charge is 0.460 e. The minimum absolute atomic E-state index is 0.435. The molecule has 0 aliphatic rings. The molecule has 3 aromatic carbocycles. The Hall–Kier alpha value is -4.13. The molecule has 2 nitrogen and oxygen atoms in total. The van der Waals surface area contributed by atoms with Crippen LogP contribution in [0.2, 0.25) is 0 Å². The Morgan fingerprint density at radius 1 is 0.324 bits per heavy atom. The maximum Gasteiger partial charge on any atom is 0.460 e. The molecule has 0 saturated heterocycles. The number of hydrogen-bond acceptors (Lipinski definition) is 2. The van der Waals surface area contributed by atoms with Gasteiger partial charge in [-0.1, -0.05) is 98.7 Å². The lowest BCUT2D eigenvalue weighted by Crippen LogP contribution is -2.78. The first-order valence-electron chi connectivity index (χ1n) is 19.0. The second kappa shape index (κ2) is 16.7. The Bertz CT molecular complexity index is 2140. The van der Waals surface area contributed by atoms with Crippen molar-refractivity contribution in [1.82, 2.24) is 0 Å². The minimum atomic E-state index is -9.58. The van der Waals surface area contributed by atoms with Crippen LogP contribution in [0.25, 0.3) is 0 Å². The molecule has 0 aliphatic carbocycles. The molecular formula is C42H39F23O2S. The quantitative estimate of drug-likeness (QED) is 0.150. The summed E-state index contributed by atoms with van der Waals surface area (Å²) < 4.78 is 334. The third kappa shape index (κ3) is 8.64. The van der Waals surface area contributed by atoms with Crippen molar-refractivity contribution in [2.24, 2.45) is 0 Å². The normalized spacial score (nSPS) is 15.6. The van der Waals surface area contributed by atoms with Crippen LogP contribution in [-0.2, 0) is 25.2 Å². The molecule has 3 rings (SSSR count). The zero-order chi connectivity index (χ0) is 53.7. The van der Waals surface area contributed by atoms with Crippen molar-refractivity contribution in [2.75, 3.05) is 0 Å². The monoisotopic (exact) mass is 1040 g/mol. The first kappa shape index (κ1) is 58.2. The van der Waals surface area contributed by atoms with Crippen LogP contribution < -0.4 is 0 Å². The van der Waals surface area contributed by atoms with Gasteiger partial charge in [0.05, 0.1) is 0 Å². The van der Waals surface area contributed by atoms with Crippen LogP contribution in [0.1, 0.15) is 79.0 Å². The van der Waals surface area contributed by atoms with E-state index in [0.717, 1.165) is 36.4 Å². The van der Waals surface area contributed by atoms with E-state index in [0.29, 0.717) is 16.7 Å². The second-order valence-corrected chi connectivity index (χ2v) is 21.2. The first-order valence-corrected chi connectivity index (χ1v) is 20.6. The van der Waals surface area contributed by atoms with Gasteiger partial charge in [0.25, 0.3) is 0 Å². The van der Waals surface area contributed by atoms with E-state index in [-0.39, 0.29) is 0 Å². The summed E-state index contributed by atoms with van der Waals surface area (Å²) in [6.07, 6.45) is -8.17. The highest BCUT2D eigenvalue weighted by Crippen LogP contribution is 2.72. The van der Waals surface area contributed by atoms with Crippen LogP contribution in [0.3, 0.4) is 0 Å². The molecule has 0 heterocycles. The molecule has 0 fully saturated rings. The van der Waals surface area contributed by atoms with Crippen molar-refractivity contribution in [3.05, 3.63) is 89.5 Å². The standard InChI is InChI=1S/C42H39F23O2S/c1-29(2,3)22-10-16-25(17-11-22)68(26-18-12-23(13-19-26)30(4,5)6,27-20-14-24(15-21-27)31(7,8)9)67-28(66)32(43,44)33(45,46)34(47,48)35(49,50)36(51,52)37(53,54)38(55,56)39(57,58)40(59,60)41(61,62)42(63,64)65/h10-21H,1-9H3. The van der Waals surface area contributed by atoms with Gasteiger partial charge in [0, 0.05) is 14.7 Å². The van der Waals surface area contributed by atoms with E-state index < -0.39 is 113 Å². The molecule has 68 heavy (non-hydrogen) atoms. The van der Waals surface area contributed by atoms with E-state index in [2.05, 4.69) is 0 Å². The maximum atomic E-state index is 15.9. The van der Waals surface area contributed by atoms with Gasteiger partial charge < -0.3 is 4.18 Å². The Morgan fingerprint density at radius 2 is 0.515 bits per heavy atom. The van der Waals surface area contributed by atoms with Crippen molar-refractivity contribution in [3.63, 3.8) is 0 Å². The Kier molecular flexibility index (Phi) is 14.3. The van der Waals surface area contributed by atoms with Crippen LogP contribution in [0, 0.1) is 0 Å². The molecule has 0 atom stereocenters. The predicted octanol–water partition coefficient (Wildman–Crippen LogP) is 16.2. The number of hydrogen-bond donors (Lipinski definition) is 0. The van der Waals surface area contributed by atoms with E-state index in [1.807, 2.05) is 0 Å². The lowest BCUT2D eigenvalue weighted by atomic mass is 9.85. The summed E-state index contributed by atoms with van der Waals surface area (Å²) in [6, 6.07) is 14.0. The lowest BCUT2D eigenvalue weighted by Gasteiger charge is -2.45. The SMILES string of the molecule is CC(C)(C)c1ccc(S(OC(=O)C(F)(F)C(F)(F)C(F)(F)C(F)(F)C(F)(F)C(F)(F)C(F)(F)C(F)(F)C(F)(F)C(F)(F)C(F)(F)F)(c2ccc(C(C)(C)C)cc2)c2ccc(C(C)(C)C)cc2)cc1. The average Bonchev–Trinajstić information content (AvgIpc) is 3.17. The average molecular weight is 1040 g/mol. The van der Waals surface area contributed by atoms with Gasteiger partial charge in [-0.25, -0.2) is 4.79 Å². The zero-order valence-electron chi connectivity index (χ0n) is 36.3. The fourth-order valence-corrected chi connectivity index (χ4v) is 9.04. The van der Waals surface area contributed by atoms with E-state index >= 15 is 26.3 Å². The third-order valence-corrected chi connectivity index (χ3v) is 13.7. The van der Waals surface area contributed by atoms with Crippen LogP contribution in [0.15, 0.2) is 87.5 Å². The van der Waals surface area contributed by atoms with Crippen molar-refractivity contribution in [1.29, 1.82) is 0 Å². The molecule has 0 aliphatic heterocycles. The maximum absolute atomic E-state index is 15.9. The molecule has 3 aromatic rings. The van der Waals surface area contributed by atoms with Crippen molar-refractivity contribution in [2.45, 2.75) is 159 Å². The predicted molar refractivity (Wildman–Crippen MR) is 199 cm³/mol. The van der Waals surface area contributed by atoms with Gasteiger partial charge in [0.2, 0.25) is 0 Å². The molecule has 0 N–H and O–H groups in total. The van der Waals surface area contributed by atoms with Crippen molar-refractivity contribution < 1.29 is 110 Å². The summed E-state index contributed by atoms with van der Waals surface area (Å²) in [5, 5.41) is 0. The van der Waals surface area contributed by atoms with Gasteiger partial charge in [-0.3, -0.25) is 0 Å². The van der Waals surface area contributed by atoms with Gasteiger partial charge >= 0.3 is 71.4 Å².